The van der Waals surface area contributed by atoms with Crippen LogP contribution in [-0.2, 0) is 19.6 Å². The summed E-state index contributed by atoms with van der Waals surface area (Å²) in [5.74, 6) is -1.33. The monoisotopic (exact) mass is 305 g/mol. The molecule has 0 aliphatic rings. The molecule has 0 aliphatic heterocycles. The molecule has 0 bridgehead atoms. The minimum absolute atomic E-state index is 0.0459. The second-order valence-corrected chi connectivity index (χ2v) is 5.52. The minimum Gasteiger partial charge on any atom is -0.494 e. The molecule has 0 fully saturated rings. The van der Waals surface area contributed by atoms with Crippen molar-refractivity contribution < 1.29 is 27.1 Å². The number of carbonyl (C=O) groups excluding carboxylic acids is 1. The zero-order valence-corrected chi connectivity index (χ0v) is 12.0. The van der Waals surface area contributed by atoms with Gasteiger partial charge in [-0.05, 0) is 25.1 Å². The van der Waals surface area contributed by atoms with Crippen molar-refractivity contribution >= 4 is 16.0 Å². The fourth-order valence-electron chi connectivity index (χ4n) is 1.42. The van der Waals surface area contributed by atoms with E-state index < -0.39 is 21.8 Å². The average Bonchev–Trinajstić information content (AvgIpc) is 2.38. The number of rotatable bonds is 7. The van der Waals surface area contributed by atoms with Gasteiger partial charge >= 0.3 is 5.97 Å². The number of esters is 1. The van der Waals surface area contributed by atoms with E-state index in [0.29, 0.717) is 0 Å². The van der Waals surface area contributed by atoms with Gasteiger partial charge in [0.1, 0.15) is 0 Å². The van der Waals surface area contributed by atoms with Gasteiger partial charge in [-0.25, -0.2) is 17.5 Å². The van der Waals surface area contributed by atoms with Crippen LogP contribution in [0.4, 0.5) is 4.39 Å². The highest BCUT2D eigenvalue weighted by Crippen LogP contribution is 2.20. The summed E-state index contributed by atoms with van der Waals surface area (Å²) < 4.78 is 48.7. The van der Waals surface area contributed by atoms with Crippen molar-refractivity contribution in [1.82, 2.24) is 4.72 Å². The number of nitrogens with one attached hydrogen (secondary N) is 1. The molecule has 0 unspecified atom stereocenters. The molecule has 0 heterocycles. The van der Waals surface area contributed by atoms with E-state index >= 15 is 0 Å². The van der Waals surface area contributed by atoms with Gasteiger partial charge in [0, 0.05) is 6.54 Å². The lowest BCUT2D eigenvalue weighted by molar-refractivity contribution is -0.142. The number of halogens is 1. The summed E-state index contributed by atoms with van der Waals surface area (Å²) in [6.45, 7) is 1.77. The molecule has 6 nitrogen and oxygen atoms in total. The standard InChI is InChI=1S/C12H16FNO5S/c1-3-19-12(15)6-7-14-20(16,17)9-4-5-11(18-2)10(13)8-9/h4-5,8,14H,3,6-7H2,1-2H3. The summed E-state index contributed by atoms with van der Waals surface area (Å²) in [7, 11) is -2.59. The van der Waals surface area contributed by atoms with Crippen molar-refractivity contribution in [3.8, 4) is 5.75 Å². The molecule has 0 aromatic heterocycles. The van der Waals surface area contributed by atoms with Gasteiger partial charge in [-0.1, -0.05) is 0 Å². The molecule has 0 saturated carbocycles. The van der Waals surface area contributed by atoms with Crippen LogP contribution in [0.3, 0.4) is 0 Å². The molecule has 20 heavy (non-hydrogen) atoms. The molecule has 112 valence electrons. The maximum Gasteiger partial charge on any atom is 0.307 e. The van der Waals surface area contributed by atoms with Gasteiger partial charge in [0.05, 0.1) is 25.0 Å². The molecular weight excluding hydrogens is 289 g/mol. The first kappa shape index (κ1) is 16.4. The van der Waals surface area contributed by atoms with Crippen molar-refractivity contribution in [2.75, 3.05) is 20.3 Å². The predicted octanol–water partition coefficient (Wildman–Crippen LogP) is 1.07. The van der Waals surface area contributed by atoms with Gasteiger partial charge in [-0.15, -0.1) is 0 Å². The maximum absolute atomic E-state index is 13.4. The van der Waals surface area contributed by atoms with Crippen LogP contribution >= 0.6 is 0 Å². The van der Waals surface area contributed by atoms with E-state index in [9.17, 15) is 17.6 Å². The summed E-state index contributed by atoms with van der Waals surface area (Å²) in [6, 6.07) is 3.29. The third-order valence-corrected chi connectivity index (χ3v) is 3.82. The van der Waals surface area contributed by atoms with Gasteiger partial charge in [0.25, 0.3) is 0 Å². The molecule has 1 N–H and O–H groups in total. The lowest BCUT2D eigenvalue weighted by Gasteiger charge is -2.08. The van der Waals surface area contributed by atoms with Crippen molar-refractivity contribution in [3.05, 3.63) is 24.0 Å². The SMILES string of the molecule is CCOC(=O)CCNS(=O)(=O)c1ccc(OC)c(F)c1. The van der Waals surface area contributed by atoms with Gasteiger partial charge in [0.15, 0.2) is 11.6 Å². The Morgan fingerprint density at radius 2 is 2.10 bits per heavy atom. The normalized spacial score (nSPS) is 11.2. The molecular formula is C12H16FNO5S. The third-order valence-electron chi connectivity index (χ3n) is 2.36. The van der Waals surface area contributed by atoms with Crippen LogP contribution in [-0.4, -0.2) is 34.6 Å². The first-order valence-corrected chi connectivity index (χ1v) is 7.38. The number of hydrogen-bond donors (Lipinski definition) is 1. The molecule has 0 amide bonds. The van der Waals surface area contributed by atoms with E-state index in [1.165, 1.54) is 19.2 Å². The molecule has 0 spiro atoms. The Morgan fingerprint density at radius 3 is 2.65 bits per heavy atom. The van der Waals surface area contributed by atoms with Crippen LogP contribution in [0.15, 0.2) is 23.1 Å². The van der Waals surface area contributed by atoms with Gasteiger partial charge in [0.2, 0.25) is 10.0 Å². The number of hydrogen-bond acceptors (Lipinski definition) is 5. The molecule has 1 rings (SSSR count). The third kappa shape index (κ3) is 4.46. The number of carbonyl (C=O) groups is 1. The summed E-state index contributed by atoms with van der Waals surface area (Å²) in [5, 5.41) is 0. The number of sulfonamides is 1. The highest BCUT2D eigenvalue weighted by Gasteiger charge is 2.16. The molecule has 0 atom stereocenters. The summed E-state index contributed by atoms with van der Waals surface area (Å²) in [5.41, 5.74) is 0. The smallest absolute Gasteiger partial charge is 0.307 e. The van der Waals surface area contributed by atoms with E-state index in [0.717, 1.165) is 6.07 Å². The fraction of sp³-hybridized carbons (Fsp3) is 0.417. The summed E-state index contributed by atoms with van der Waals surface area (Å²) >= 11 is 0. The van der Waals surface area contributed by atoms with Crippen LogP contribution in [0, 0.1) is 5.82 Å². The van der Waals surface area contributed by atoms with E-state index in [1.807, 2.05) is 0 Å². The molecule has 1 aromatic rings. The fourth-order valence-corrected chi connectivity index (χ4v) is 2.46. The van der Waals surface area contributed by atoms with E-state index in [1.54, 1.807) is 6.92 Å². The Labute approximate surface area is 116 Å². The topological polar surface area (TPSA) is 81.7 Å². The second-order valence-electron chi connectivity index (χ2n) is 3.75. The minimum atomic E-state index is -3.87. The first-order valence-electron chi connectivity index (χ1n) is 5.89. The largest absolute Gasteiger partial charge is 0.494 e. The summed E-state index contributed by atoms with van der Waals surface area (Å²) in [6.07, 6.45) is -0.0916. The van der Waals surface area contributed by atoms with Crippen molar-refractivity contribution in [1.29, 1.82) is 0 Å². The van der Waals surface area contributed by atoms with Gasteiger partial charge in [-0.3, -0.25) is 4.79 Å². The predicted molar refractivity (Wildman–Crippen MR) is 69.4 cm³/mol. The zero-order chi connectivity index (χ0) is 15.2. The Bertz CT molecular complexity index is 573. The van der Waals surface area contributed by atoms with Crippen molar-refractivity contribution in [2.24, 2.45) is 0 Å². The Hall–Kier alpha value is -1.67. The van der Waals surface area contributed by atoms with Crippen LogP contribution in [0.1, 0.15) is 13.3 Å². The van der Waals surface area contributed by atoms with Crippen LogP contribution in [0.2, 0.25) is 0 Å². The lowest BCUT2D eigenvalue weighted by Crippen LogP contribution is -2.26. The van der Waals surface area contributed by atoms with Crippen molar-refractivity contribution in [3.63, 3.8) is 0 Å². The molecule has 0 radical (unpaired) electrons. The van der Waals surface area contributed by atoms with Gasteiger partial charge in [-0.2, -0.15) is 0 Å². The quantitative estimate of drug-likeness (QED) is 0.762. The Balaban J connectivity index is 2.69. The molecule has 0 aliphatic carbocycles. The Morgan fingerprint density at radius 1 is 1.40 bits per heavy atom. The van der Waals surface area contributed by atoms with E-state index in [-0.39, 0.29) is 30.2 Å². The molecule has 0 saturated heterocycles. The highest BCUT2D eigenvalue weighted by atomic mass is 32.2. The Kier molecular flexibility index (Phi) is 5.90. The first-order chi connectivity index (χ1) is 9.40. The van der Waals surface area contributed by atoms with Crippen LogP contribution in [0.25, 0.3) is 0 Å². The molecule has 1 aromatic carbocycles. The average molecular weight is 305 g/mol. The van der Waals surface area contributed by atoms with Crippen LogP contribution < -0.4 is 9.46 Å². The number of ether oxygens (including phenoxy) is 2. The van der Waals surface area contributed by atoms with Crippen LogP contribution in [0.5, 0.6) is 5.75 Å². The van der Waals surface area contributed by atoms with Gasteiger partial charge < -0.3 is 9.47 Å². The van der Waals surface area contributed by atoms with Crippen molar-refractivity contribution in [2.45, 2.75) is 18.2 Å². The number of methoxy groups -OCH3 is 1. The van der Waals surface area contributed by atoms with E-state index in [2.05, 4.69) is 9.46 Å². The number of benzene rings is 1. The molecule has 8 heteroatoms. The van der Waals surface area contributed by atoms with E-state index in [4.69, 9.17) is 4.74 Å². The highest BCUT2D eigenvalue weighted by molar-refractivity contribution is 7.89. The maximum atomic E-state index is 13.4. The lowest BCUT2D eigenvalue weighted by atomic mass is 10.3. The second kappa shape index (κ2) is 7.20. The summed E-state index contributed by atoms with van der Waals surface area (Å²) in [4.78, 5) is 10.8. The zero-order valence-electron chi connectivity index (χ0n) is 11.2.